The SMILES string of the molecule is O=C1CCC(N(CCO)CC(F)F)C1. The first kappa shape index (κ1) is 11.5. The summed E-state index contributed by atoms with van der Waals surface area (Å²) < 4.78 is 24.3. The molecule has 0 bridgehead atoms. The number of rotatable bonds is 5. The Labute approximate surface area is 81.7 Å². The van der Waals surface area contributed by atoms with Crippen LogP contribution in [0, 0.1) is 0 Å². The van der Waals surface area contributed by atoms with Gasteiger partial charge in [0.2, 0.25) is 0 Å². The number of aliphatic hydroxyl groups is 1. The number of Topliss-reactive ketones (excluding diaryl/α,β-unsaturated/α-hetero) is 1. The Morgan fingerprint density at radius 3 is 2.71 bits per heavy atom. The molecule has 1 aliphatic carbocycles. The third kappa shape index (κ3) is 3.31. The Kier molecular flexibility index (Phi) is 4.41. The lowest BCUT2D eigenvalue weighted by Gasteiger charge is -2.26. The van der Waals surface area contributed by atoms with Crippen LogP contribution in [0.15, 0.2) is 0 Å². The number of halogens is 2. The summed E-state index contributed by atoms with van der Waals surface area (Å²) in [6.07, 6.45) is -0.925. The van der Waals surface area contributed by atoms with Gasteiger partial charge in [-0.15, -0.1) is 0 Å². The smallest absolute Gasteiger partial charge is 0.251 e. The molecule has 0 amide bonds. The molecule has 0 aromatic heterocycles. The lowest BCUT2D eigenvalue weighted by molar-refractivity contribution is -0.117. The average Bonchev–Trinajstić information content (AvgIpc) is 2.50. The van der Waals surface area contributed by atoms with Crippen molar-refractivity contribution in [2.75, 3.05) is 19.7 Å². The molecule has 1 atom stereocenters. The minimum atomic E-state index is -2.41. The van der Waals surface area contributed by atoms with Crippen LogP contribution in [0.2, 0.25) is 0 Å². The summed E-state index contributed by atoms with van der Waals surface area (Å²) >= 11 is 0. The van der Waals surface area contributed by atoms with E-state index in [2.05, 4.69) is 0 Å². The van der Waals surface area contributed by atoms with Crippen molar-refractivity contribution in [2.24, 2.45) is 0 Å². The number of hydrogen-bond donors (Lipinski definition) is 1. The number of alkyl halides is 2. The summed E-state index contributed by atoms with van der Waals surface area (Å²) in [5.41, 5.74) is 0. The third-order valence-electron chi connectivity index (χ3n) is 2.50. The normalized spacial score (nSPS) is 22.6. The standard InChI is InChI=1S/C9H15F2NO2/c10-9(11)6-12(3-4-13)7-1-2-8(14)5-7/h7,9,13H,1-6H2. The zero-order valence-electron chi connectivity index (χ0n) is 7.96. The number of aliphatic hydroxyl groups excluding tert-OH is 1. The van der Waals surface area contributed by atoms with E-state index in [1.54, 1.807) is 0 Å². The topological polar surface area (TPSA) is 40.5 Å². The first-order valence-electron chi connectivity index (χ1n) is 4.78. The quantitative estimate of drug-likeness (QED) is 0.720. The molecular weight excluding hydrogens is 192 g/mol. The van der Waals surface area contributed by atoms with Gasteiger partial charge in [-0.3, -0.25) is 9.69 Å². The summed E-state index contributed by atoms with van der Waals surface area (Å²) in [5.74, 6) is 0.132. The molecule has 1 saturated carbocycles. The third-order valence-corrected chi connectivity index (χ3v) is 2.50. The predicted molar refractivity (Wildman–Crippen MR) is 47.3 cm³/mol. The first-order valence-corrected chi connectivity index (χ1v) is 4.78. The van der Waals surface area contributed by atoms with E-state index >= 15 is 0 Å². The predicted octanol–water partition coefficient (Wildman–Crippen LogP) is 0.667. The van der Waals surface area contributed by atoms with Gasteiger partial charge >= 0.3 is 0 Å². The summed E-state index contributed by atoms with van der Waals surface area (Å²) in [4.78, 5) is 12.5. The highest BCUT2D eigenvalue weighted by Gasteiger charge is 2.28. The number of carbonyl (C=O) groups excluding carboxylic acids is 1. The molecular formula is C9H15F2NO2. The van der Waals surface area contributed by atoms with Gasteiger partial charge in [0.15, 0.2) is 0 Å². The second kappa shape index (κ2) is 5.36. The summed E-state index contributed by atoms with van der Waals surface area (Å²) in [6.45, 7) is -0.266. The molecule has 0 aliphatic heterocycles. The molecule has 0 aromatic carbocycles. The molecule has 1 aliphatic rings. The van der Waals surface area contributed by atoms with Crippen molar-refractivity contribution in [1.82, 2.24) is 4.90 Å². The molecule has 3 nitrogen and oxygen atoms in total. The molecule has 1 fully saturated rings. The van der Waals surface area contributed by atoms with Gasteiger partial charge in [-0.25, -0.2) is 8.78 Å². The van der Waals surface area contributed by atoms with E-state index in [1.807, 2.05) is 0 Å². The Balaban J connectivity index is 2.44. The van der Waals surface area contributed by atoms with E-state index in [-0.39, 0.29) is 31.5 Å². The van der Waals surface area contributed by atoms with Gasteiger partial charge in [-0.1, -0.05) is 0 Å². The van der Waals surface area contributed by atoms with Crippen LogP contribution < -0.4 is 0 Å². The molecule has 0 heterocycles. The van der Waals surface area contributed by atoms with Gasteiger partial charge in [0.05, 0.1) is 13.2 Å². The molecule has 1 unspecified atom stereocenters. The monoisotopic (exact) mass is 207 g/mol. The van der Waals surface area contributed by atoms with Gasteiger partial charge < -0.3 is 5.11 Å². The number of carbonyl (C=O) groups is 1. The van der Waals surface area contributed by atoms with Gasteiger partial charge in [0, 0.05) is 25.4 Å². The lowest BCUT2D eigenvalue weighted by Crippen LogP contribution is -2.39. The molecule has 5 heteroatoms. The highest BCUT2D eigenvalue weighted by Crippen LogP contribution is 2.21. The largest absolute Gasteiger partial charge is 0.395 e. The van der Waals surface area contributed by atoms with Gasteiger partial charge in [0.25, 0.3) is 6.43 Å². The van der Waals surface area contributed by atoms with Crippen molar-refractivity contribution in [3.63, 3.8) is 0 Å². The van der Waals surface area contributed by atoms with Crippen LogP contribution in [0.5, 0.6) is 0 Å². The van der Waals surface area contributed by atoms with E-state index in [4.69, 9.17) is 5.11 Å². The number of nitrogens with zero attached hydrogens (tertiary/aromatic N) is 1. The summed E-state index contributed by atoms with van der Waals surface area (Å²) in [6, 6.07) is -0.0938. The van der Waals surface area contributed by atoms with E-state index < -0.39 is 6.43 Å². The fraction of sp³-hybridized carbons (Fsp3) is 0.889. The van der Waals surface area contributed by atoms with Crippen molar-refractivity contribution in [3.8, 4) is 0 Å². The second-order valence-corrected chi connectivity index (χ2v) is 3.54. The van der Waals surface area contributed by atoms with Crippen LogP contribution in [0.1, 0.15) is 19.3 Å². The van der Waals surface area contributed by atoms with Gasteiger partial charge in [0.1, 0.15) is 5.78 Å². The Bertz CT molecular complexity index is 199. The van der Waals surface area contributed by atoms with Crippen molar-refractivity contribution in [2.45, 2.75) is 31.7 Å². The van der Waals surface area contributed by atoms with Crippen LogP contribution in [0.25, 0.3) is 0 Å². The highest BCUT2D eigenvalue weighted by molar-refractivity contribution is 5.81. The van der Waals surface area contributed by atoms with E-state index in [0.29, 0.717) is 19.3 Å². The average molecular weight is 207 g/mol. The molecule has 0 spiro atoms. The minimum Gasteiger partial charge on any atom is -0.395 e. The van der Waals surface area contributed by atoms with E-state index in [0.717, 1.165) is 0 Å². The van der Waals surface area contributed by atoms with Crippen molar-refractivity contribution < 1.29 is 18.7 Å². The Morgan fingerprint density at radius 1 is 1.57 bits per heavy atom. The zero-order chi connectivity index (χ0) is 10.6. The van der Waals surface area contributed by atoms with E-state index in [1.165, 1.54) is 4.90 Å². The van der Waals surface area contributed by atoms with Crippen molar-refractivity contribution >= 4 is 5.78 Å². The van der Waals surface area contributed by atoms with Crippen LogP contribution in [0.3, 0.4) is 0 Å². The molecule has 0 radical (unpaired) electrons. The Hall–Kier alpha value is -0.550. The maximum Gasteiger partial charge on any atom is 0.251 e. The minimum absolute atomic E-state index is 0.0938. The molecule has 0 aromatic rings. The maximum atomic E-state index is 12.2. The van der Waals surface area contributed by atoms with Gasteiger partial charge in [-0.2, -0.15) is 0 Å². The van der Waals surface area contributed by atoms with Crippen LogP contribution in [-0.2, 0) is 4.79 Å². The Morgan fingerprint density at radius 2 is 2.29 bits per heavy atom. The number of ketones is 1. The molecule has 82 valence electrons. The maximum absolute atomic E-state index is 12.2. The molecule has 0 saturated heterocycles. The molecule has 1 N–H and O–H groups in total. The van der Waals surface area contributed by atoms with Crippen LogP contribution in [0.4, 0.5) is 8.78 Å². The molecule has 1 rings (SSSR count). The molecule has 14 heavy (non-hydrogen) atoms. The zero-order valence-corrected chi connectivity index (χ0v) is 7.96. The second-order valence-electron chi connectivity index (χ2n) is 3.54. The van der Waals surface area contributed by atoms with Crippen LogP contribution >= 0.6 is 0 Å². The fourth-order valence-corrected chi connectivity index (χ4v) is 1.83. The lowest BCUT2D eigenvalue weighted by atomic mass is 10.2. The van der Waals surface area contributed by atoms with Gasteiger partial charge in [-0.05, 0) is 6.42 Å². The first-order chi connectivity index (χ1) is 6.63. The summed E-state index contributed by atoms with van der Waals surface area (Å²) in [5, 5.41) is 8.70. The summed E-state index contributed by atoms with van der Waals surface area (Å²) in [7, 11) is 0. The fourth-order valence-electron chi connectivity index (χ4n) is 1.83. The number of hydrogen-bond acceptors (Lipinski definition) is 3. The highest BCUT2D eigenvalue weighted by atomic mass is 19.3. The van der Waals surface area contributed by atoms with Crippen LogP contribution in [-0.4, -0.2) is 48.0 Å². The van der Waals surface area contributed by atoms with Crippen molar-refractivity contribution in [1.29, 1.82) is 0 Å². The van der Waals surface area contributed by atoms with Crippen molar-refractivity contribution in [3.05, 3.63) is 0 Å². The van der Waals surface area contributed by atoms with E-state index in [9.17, 15) is 13.6 Å².